The third-order valence-corrected chi connectivity index (χ3v) is 7.74. The van der Waals surface area contributed by atoms with Crippen molar-refractivity contribution in [1.82, 2.24) is 0 Å². The molecule has 0 saturated heterocycles. The van der Waals surface area contributed by atoms with E-state index in [9.17, 15) is 4.79 Å². The van der Waals surface area contributed by atoms with Crippen molar-refractivity contribution in [3.8, 4) is 0 Å². The van der Waals surface area contributed by atoms with Crippen LogP contribution in [0, 0.1) is 29.6 Å². The molecule has 27 heavy (non-hydrogen) atoms. The van der Waals surface area contributed by atoms with E-state index in [0.717, 1.165) is 55.8 Å². The average Bonchev–Trinajstić information content (AvgIpc) is 2.71. The van der Waals surface area contributed by atoms with Crippen LogP contribution in [-0.4, -0.2) is 12.1 Å². The second kappa shape index (κ2) is 10.5. The standard InChI is InChI=1S/C25H40O2/c1-3-5-19-7-11-21(12-8-19)22-13-15-23(16-14-22)25(26)27-24-17-9-20(6-4-2)10-18-24/h3-4,19-24H,1-2,5-18H2. The molecular weight excluding hydrogens is 332 g/mol. The minimum absolute atomic E-state index is 0.107. The van der Waals surface area contributed by atoms with Crippen molar-refractivity contribution < 1.29 is 9.53 Å². The fourth-order valence-corrected chi connectivity index (χ4v) is 5.94. The Kier molecular flexibility index (Phi) is 8.03. The molecule has 0 atom stereocenters. The Hall–Kier alpha value is -1.05. The summed E-state index contributed by atoms with van der Waals surface area (Å²) in [5.41, 5.74) is 0. The van der Waals surface area contributed by atoms with Gasteiger partial charge in [-0.15, -0.1) is 13.2 Å². The maximum atomic E-state index is 12.6. The zero-order chi connectivity index (χ0) is 19.1. The lowest BCUT2D eigenvalue weighted by atomic mass is 9.69. The molecule has 0 aliphatic heterocycles. The van der Waals surface area contributed by atoms with Crippen LogP contribution in [0.2, 0.25) is 0 Å². The van der Waals surface area contributed by atoms with Crippen molar-refractivity contribution in [1.29, 1.82) is 0 Å². The average molecular weight is 373 g/mol. The largest absolute Gasteiger partial charge is 0.462 e. The molecule has 3 aliphatic carbocycles. The van der Waals surface area contributed by atoms with Gasteiger partial charge < -0.3 is 4.74 Å². The second-order valence-electron chi connectivity index (χ2n) is 9.52. The summed E-state index contributed by atoms with van der Waals surface area (Å²) in [7, 11) is 0. The lowest BCUT2D eigenvalue weighted by Crippen LogP contribution is -2.32. The molecule has 0 unspecified atom stereocenters. The fraction of sp³-hybridized carbons (Fsp3) is 0.800. The quantitative estimate of drug-likeness (QED) is 0.361. The van der Waals surface area contributed by atoms with E-state index in [4.69, 9.17) is 4.74 Å². The van der Waals surface area contributed by atoms with E-state index < -0.39 is 0 Å². The molecule has 2 nitrogen and oxygen atoms in total. The molecule has 0 spiro atoms. The molecule has 0 aromatic rings. The Balaban J connectivity index is 1.35. The fourth-order valence-electron chi connectivity index (χ4n) is 5.94. The maximum Gasteiger partial charge on any atom is 0.309 e. The van der Waals surface area contributed by atoms with E-state index >= 15 is 0 Å². The van der Waals surface area contributed by atoms with Crippen LogP contribution in [0.4, 0.5) is 0 Å². The van der Waals surface area contributed by atoms with Gasteiger partial charge in [-0.3, -0.25) is 4.79 Å². The number of carbonyl (C=O) groups excluding carboxylic acids is 1. The van der Waals surface area contributed by atoms with Gasteiger partial charge in [-0.1, -0.05) is 12.2 Å². The predicted octanol–water partition coefficient (Wildman–Crippen LogP) is 6.85. The summed E-state index contributed by atoms with van der Waals surface area (Å²) in [6, 6.07) is 0. The summed E-state index contributed by atoms with van der Waals surface area (Å²) < 4.78 is 5.90. The first-order chi connectivity index (χ1) is 13.2. The Morgan fingerprint density at radius 2 is 1.15 bits per heavy atom. The van der Waals surface area contributed by atoms with E-state index in [-0.39, 0.29) is 18.0 Å². The molecule has 3 aliphatic rings. The highest BCUT2D eigenvalue weighted by atomic mass is 16.5. The van der Waals surface area contributed by atoms with Crippen LogP contribution in [0.3, 0.4) is 0 Å². The molecule has 3 fully saturated rings. The zero-order valence-corrected chi connectivity index (χ0v) is 17.2. The number of hydrogen-bond acceptors (Lipinski definition) is 2. The number of ether oxygens (including phenoxy) is 1. The molecule has 0 bridgehead atoms. The van der Waals surface area contributed by atoms with Crippen molar-refractivity contribution in [2.75, 3.05) is 0 Å². The lowest BCUT2D eigenvalue weighted by Gasteiger charge is -2.37. The first-order valence-corrected chi connectivity index (χ1v) is 11.6. The minimum atomic E-state index is 0.107. The monoisotopic (exact) mass is 372 g/mol. The second-order valence-corrected chi connectivity index (χ2v) is 9.52. The summed E-state index contributed by atoms with van der Waals surface area (Å²) in [6.07, 6.45) is 21.2. The molecule has 2 heteroatoms. The van der Waals surface area contributed by atoms with Crippen LogP contribution in [0.5, 0.6) is 0 Å². The summed E-state index contributed by atoms with van der Waals surface area (Å²) in [4.78, 5) is 12.6. The number of rotatable bonds is 7. The van der Waals surface area contributed by atoms with Gasteiger partial charge in [-0.2, -0.15) is 0 Å². The van der Waals surface area contributed by atoms with Crippen molar-refractivity contribution >= 4 is 5.97 Å². The maximum absolute atomic E-state index is 12.6. The highest BCUT2D eigenvalue weighted by molar-refractivity contribution is 5.72. The van der Waals surface area contributed by atoms with Crippen LogP contribution in [0.25, 0.3) is 0 Å². The number of allylic oxidation sites excluding steroid dienone is 2. The first-order valence-electron chi connectivity index (χ1n) is 11.6. The van der Waals surface area contributed by atoms with Gasteiger partial charge in [0.25, 0.3) is 0 Å². The Bertz CT molecular complexity index is 473. The molecule has 0 aromatic heterocycles. The molecule has 3 rings (SSSR count). The van der Waals surface area contributed by atoms with Crippen LogP contribution < -0.4 is 0 Å². The smallest absolute Gasteiger partial charge is 0.309 e. The topological polar surface area (TPSA) is 26.3 Å². The molecule has 0 amide bonds. The van der Waals surface area contributed by atoms with Crippen LogP contribution >= 0.6 is 0 Å². The predicted molar refractivity (Wildman–Crippen MR) is 112 cm³/mol. The minimum Gasteiger partial charge on any atom is -0.462 e. The zero-order valence-electron chi connectivity index (χ0n) is 17.2. The van der Waals surface area contributed by atoms with Crippen LogP contribution in [0.15, 0.2) is 25.3 Å². The summed E-state index contributed by atoms with van der Waals surface area (Å²) in [5, 5.41) is 0. The summed E-state index contributed by atoms with van der Waals surface area (Å²) in [5.74, 6) is 3.68. The van der Waals surface area contributed by atoms with E-state index in [1.807, 2.05) is 6.08 Å². The lowest BCUT2D eigenvalue weighted by molar-refractivity contribution is -0.157. The third kappa shape index (κ3) is 5.96. The van der Waals surface area contributed by atoms with E-state index in [1.165, 1.54) is 57.8 Å². The van der Waals surface area contributed by atoms with Gasteiger partial charge in [0.2, 0.25) is 0 Å². The highest BCUT2D eigenvalue weighted by Crippen LogP contribution is 2.42. The van der Waals surface area contributed by atoms with Gasteiger partial charge in [0.1, 0.15) is 6.10 Å². The first kappa shape index (κ1) is 20.7. The Morgan fingerprint density at radius 3 is 1.63 bits per heavy atom. The Labute approximate surface area is 166 Å². The number of esters is 1. The van der Waals surface area contributed by atoms with Crippen molar-refractivity contribution in [3.05, 3.63) is 25.3 Å². The van der Waals surface area contributed by atoms with Crippen LogP contribution in [0.1, 0.15) is 89.9 Å². The van der Waals surface area contributed by atoms with Gasteiger partial charge in [0, 0.05) is 0 Å². The van der Waals surface area contributed by atoms with E-state index in [2.05, 4.69) is 19.2 Å². The summed E-state index contributed by atoms with van der Waals surface area (Å²) in [6.45, 7) is 7.74. The van der Waals surface area contributed by atoms with Crippen LogP contribution in [-0.2, 0) is 9.53 Å². The number of hydrogen-bond donors (Lipinski definition) is 0. The van der Waals surface area contributed by atoms with Gasteiger partial charge in [-0.05, 0) is 114 Å². The Morgan fingerprint density at radius 1 is 0.704 bits per heavy atom. The summed E-state index contributed by atoms with van der Waals surface area (Å²) >= 11 is 0. The van der Waals surface area contributed by atoms with E-state index in [1.54, 1.807) is 0 Å². The molecular formula is C25H40O2. The molecule has 0 heterocycles. The van der Waals surface area contributed by atoms with Crippen molar-refractivity contribution in [3.63, 3.8) is 0 Å². The molecule has 0 N–H and O–H groups in total. The van der Waals surface area contributed by atoms with Gasteiger partial charge >= 0.3 is 5.97 Å². The van der Waals surface area contributed by atoms with E-state index in [0.29, 0.717) is 0 Å². The molecule has 3 saturated carbocycles. The molecule has 152 valence electrons. The van der Waals surface area contributed by atoms with Gasteiger partial charge in [0.15, 0.2) is 0 Å². The van der Waals surface area contributed by atoms with Gasteiger partial charge in [0.05, 0.1) is 5.92 Å². The third-order valence-electron chi connectivity index (χ3n) is 7.74. The molecule has 0 radical (unpaired) electrons. The van der Waals surface area contributed by atoms with Crippen molar-refractivity contribution in [2.24, 2.45) is 29.6 Å². The van der Waals surface area contributed by atoms with Crippen molar-refractivity contribution in [2.45, 2.75) is 96.0 Å². The molecule has 0 aromatic carbocycles. The van der Waals surface area contributed by atoms with Gasteiger partial charge in [-0.25, -0.2) is 0 Å². The highest BCUT2D eigenvalue weighted by Gasteiger charge is 2.34. The SMILES string of the molecule is C=CCC1CCC(OC(=O)C2CCC(C3CCC(CC=C)CC3)CC2)CC1. The normalized spacial score (nSPS) is 37.3. The number of carbonyl (C=O) groups is 1.